The Morgan fingerprint density at radius 2 is 1.52 bits per heavy atom. The highest BCUT2D eigenvalue weighted by atomic mass is 35.5. The summed E-state index contributed by atoms with van der Waals surface area (Å²) in [5.41, 5.74) is 2.34. The van der Waals surface area contributed by atoms with E-state index in [2.05, 4.69) is 35.8 Å². The van der Waals surface area contributed by atoms with E-state index in [9.17, 15) is 5.11 Å². The highest BCUT2D eigenvalue weighted by Crippen LogP contribution is 2.28. The molecule has 2 aromatic carbocycles. The lowest BCUT2D eigenvalue weighted by Crippen LogP contribution is -2.49. The second-order valence-corrected chi connectivity index (χ2v) is 8.23. The number of halogens is 2. The Labute approximate surface area is 210 Å². The van der Waals surface area contributed by atoms with E-state index in [0.717, 1.165) is 43.4 Å². The van der Waals surface area contributed by atoms with Gasteiger partial charge < -0.3 is 24.2 Å². The summed E-state index contributed by atoms with van der Waals surface area (Å²) in [5, 5.41) is 10.4. The van der Waals surface area contributed by atoms with Crippen LogP contribution in [0, 0.1) is 0 Å². The second-order valence-electron chi connectivity index (χ2n) is 8.23. The number of β-amino-alcohol motifs (C(OH)–C–C–N with tert-alkyl or cyclic N) is 1. The van der Waals surface area contributed by atoms with Gasteiger partial charge in [-0.25, -0.2) is 0 Å². The van der Waals surface area contributed by atoms with Gasteiger partial charge in [-0.3, -0.25) is 4.90 Å². The number of methoxy groups -OCH3 is 1. The van der Waals surface area contributed by atoms with Crippen molar-refractivity contribution in [3.05, 3.63) is 54.1 Å². The predicted molar refractivity (Wildman–Crippen MR) is 139 cm³/mol. The number of hydrogen-bond acceptors (Lipinski definition) is 6. The molecule has 1 aliphatic heterocycles. The zero-order chi connectivity index (χ0) is 22.1. The monoisotopic (exact) mass is 500 g/mol. The molecule has 1 heterocycles. The Morgan fingerprint density at radius 3 is 2.18 bits per heavy atom. The third kappa shape index (κ3) is 8.87. The lowest BCUT2D eigenvalue weighted by Gasteiger charge is -2.37. The summed E-state index contributed by atoms with van der Waals surface area (Å²) >= 11 is 0. The van der Waals surface area contributed by atoms with Crippen molar-refractivity contribution in [3.8, 4) is 11.5 Å². The summed E-state index contributed by atoms with van der Waals surface area (Å²) in [6.07, 6.45) is -0.499. The fourth-order valence-electron chi connectivity index (χ4n) is 3.93. The normalized spacial score (nSPS) is 14.9. The number of ether oxygens (including phenoxy) is 3. The number of hydrogen-bond donors (Lipinski definition) is 1. The fraction of sp³-hybridized carbons (Fsp3) is 0.520. The van der Waals surface area contributed by atoms with Gasteiger partial charge in [0, 0.05) is 32.7 Å². The maximum Gasteiger partial charge on any atom is 0.142 e. The molecule has 0 amide bonds. The first-order valence-corrected chi connectivity index (χ1v) is 11.2. The van der Waals surface area contributed by atoms with Crippen molar-refractivity contribution in [2.24, 2.45) is 0 Å². The molecule has 1 aliphatic rings. The van der Waals surface area contributed by atoms with Crippen molar-refractivity contribution in [2.75, 3.05) is 64.6 Å². The van der Waals surface area contributed by atoms with Gasteiger partial charge in [0.2, 0.25) is 0 Å². The van der Waals surface area contributed by atoms with Crippen LogP contribution in [-0.4, -0.2) is 75.8 Å². The Balaban J connectivity index is 0.00000272. The van der Waals surface area contributed by atoms with Crippen molar-refractivity contribution in [1.82, 2.24) is 4.90 Å². The summed E-state index contributed by atoms with van der Waals surface area (Å²) in [6, 6.07) is 16.2. The molecular weight excluding hydrogens is 463 g/mol. The minimum Gasteiger partial charge on any atom is -0.495 e. The largest absolute Gasteiger partial charge is 0.495 e. The van der Waals surface area contributed by atoms with Crippen LogP contribution < -0.4 is 14.4 Å². The topological polar surface area (TPSA) is 54.4 Å². The zero-order valence-electron chi connectivity index (χ0n) is 19.8. The van der Waals surface area contributed by atoms with E-state index < -0.39 is 6.10 Å². The van der Waals surface area contributed by atoms with Crippen molar-refractivity contribution in [3.63, 3.8) is 0 Å². The maximum absolute atomic E-state index is 10.4. The number of para-hydroxylation sites is 3. The highest BCUT2D eigenvalue weighted by molar-refractivity contribution is 5.85. The number of benzene rings is 2. The molecule has 0 bridgehead atoms. The molecular formula is C25H38Cl2N2O4. The third-order valence-corrected chi connectivity index (χ3v) is 5.60. The Hall–Kier alpha value is -1.70. The Morgan fingerprint density at radius 1 is 0.879 bits per heavy atom. The van der Waals surface area contributed by atoms with Gasteiger partial charge in [0.1, 0.15) is 18.1 Å². The molecule has 0 aliphatic carbocycles. The molecule has 1 N–H and O–H groups in total. The van der Waals surface area contributed by atoms with E-state index in [1.54, 1.807) is 7.11 Å². The summed E-state index contributed by atoms with van der Waals surface area (Å²) in [5.74, 6) is 2.24. The quantitative estimate of drug-likeness (QED) is 0.465. The maximum atomic E-state index is 10.4. The van der Waals surface area contributed by atoms with Gasteiger partial charge in [0.15, 0.2) is 0 Å². The Bertz CT molecular complexity index is 801. The summed E-state index contributed by atoms with van der Waals surface area (Å²) < 4.78 is 17.0. The molecule has 3 rings (SSSR count). The van der Waals surface area contributed by atoms with Crippen LogP contribution in [0.1, 0.15) is 25.3 Å². The molecule has 2 aromatic rings. The summed E-state index contributed by atoms with van der Waals surface area (Å²) in [4.78, 5) is 4.62. The first kappa shape index (κ1) is 29.3. The minimum absolute atomic E-state index is 0. The van der Waals surface area contributed by atoms with E-state index in [0.29, 0.717) is 32.3 Å². The van der Waals surface area contributed by atoms with E-state index in [1.165, 1.54) is 5.56 Å². The average molecular weight is 501 g/mol. The van der Waals surface area contributed by atoms with E-state index in [-0.39, 0.29) is 24.8 Å². The van der Waals surface area contributed by atoms with Crippen LogP contribution in [0.4, 0.5) is 5.69 Å². The lowest BCUT2D eigenvalue weighted by molar-refractivity contribution is 0.00708. The SMILES string of the molecule is COc1ccccc1N1CCN(CC(O)COCCOc2ccccc2C(C)C)CC1.Cl.Cl. The molecule has 1 fully saturated rings. The molecule has 0 saturated carbocycles. The number of rotatable bonds is 11. The van der Waals surface area contributed by atoms with Crippen LogP contribution >= 0.6 is 24.8 Å². The Kier molecular flexibility index (Phi) is 13.6. The van der Waals surface area contributed by atoms with Gasteiger partial charge in [0.25, 0.3) is 0 Å². The summed E-state index contributed by atoms with van der Waals surface area (Å²) in [7, 11) is 1.71. The molecule has 8 heteroatoms. The van der Waals surface area contributed by atoms with Crippen LogP contribution in [0.2, 0.25) is 0 Å². The average Bonchev–Trinajstić information content (AvgIpc) is 2.79. The van der Waals surface area contributed by atoms with Crippen LogP contribution in [0.25, 0.3) is 0 Å². The van der Waals surface area contributed by atoms with Gasteiger partial charge in [-0.1, -0.05) is 44.2 Å². The molecule has 1 atom stereocenters. The molecule has 186 valence electrons. The predicted octanol–water partition coefficient (Wildman–Crippen LogP) is 4.24. The first-order chi connectivity index (χ1) is 15.1. The second kappa shape index (κ2) is 15.3. The van der Waals surface area contributed by atoms with Gasteiger partial charge in [-0.15, -0.1) is 24.8 Å². The highest BCUT2D eigenvalue weighted by Gasteiger charge is 2.21. The fourth-order valence-corrected chi connectivity index (χ4v) is 3.93. The molecule has 0 radical (unpaired) electrons. The smallest absolute Gasteiger partial charge is 0.142 e. The minimum atomic E-state index is -0.499. The van der Waals surface area contributed by atoms with Crippen LogP contribution in [0.15, 0.2) is 48.5 Å². The molecule has 1 saturated heterocycles. The zero-order valence-corrected chi connectivity index (χ0v) is 21.4. The van der Waals surface area contributed by atoms with Gasteiger partial charge in [-0.05, 0) is 29.7 Å². The molecule has 0 aromatic heterocycles. The van der Waals surface area contributed by atoms with Gasteiger partial charge in [-0.2, -0.15) is 0 Å². The van der Waals surface area contributed by atoms with Crippen LogP contribution in [-0.2, 0) is 4.74 Å². The molecule has 6 nitrogen and oxygen atoms in total. The lowest BCUT2D eigenvalue weighted by atomic mass is 10.0. The van der Waals surface area contributed by atoms with Crippen LogP contribution in [0.5, 0.6) is 11.5 Å². The number of nitrogens with zero attached hydrogens (tertiary/aromatic N) is 2. The standard InChI is InChI=1S/C25H36N2O4.2ClH/c1-20(2)22-8-4-6-10-24(22)31-17-16-30-19-21(28)18-26-12-14-27(15-13-26)23-9-5-7-11-25(23)29-3;;/h4-11,20-21,28H,12-19H2,1-3H3;2*1H. The number of aliphatic hydroxyl groups is 1. The van der Waals surface area contributed by atoms with Crippen molar-refractivity contribution in [2.45, 2.75) is 25.9 Å². The third-order valence-electron chi connectivity index (χ3n) is 5.60. The summed E-state index contributed by atoms with van der Waals surface area (Å²) in [6.45, 7) is 9.84. The van der Waals surface area contributed by atoms with Crippen molar-refractivity contribution >= 4 is 30.5 Å². The van der Waals surface area contributed by atoms with Crippen LogP contribution in [0.3, 0.4) is 0 Å². The van der Waals surface area contributed by atoms with Crippen molar-refractivity contribution in [1.29, 1.82) is 0 Å². The number of aliphatic hydroxyl groups excluding tert-OH is 1. The van der Waals surface area contributed by atoms with E-state index in [4.69, 9.17) is 14.2 Å². The molecule has 0 spiro atoms. The van der Waals surface area contributed by atoms with Gasteiger partial charge >= 0.3 is 0 Å². The number of piperazine rings is 1. The van der Waals surface area contributed by atoms with E-state index in [1.807, 2.05) is 36.4 Å². The number of anilines is 1. The molecule has 1 unspecified atom stereocenters. The van der Waals surface area contributed by atoms with Crippen molar-refractivity contribution < 1.29 is 19.3 Å². The molecule has 33 heavy (non-hydrogen) atoms. The first-order valence-electron chi connectivity index (χ1n) is 11.2. The van der Waals surface area contributed by atoms with E-state index >= 15 is 0 Å². The van der Waals surface area contributed by atoms with Gasteiger partial charge in [0.05, 0.1) is 32.1 Å².